The number of hydrogen-bond acceptors (Lipinski definition) is 4. The van der Waals surface area contributed by atoms with E-state index < -0.39 is 5.91 Å². The lowest BCUT2D eigenvalue weighted by atomic mass is 10.2. The Kier molecular flexibility index (Phi) is 5.22. The van der Waals surface area contributed by atoms with Gasteiger partial charge in [-0.05, 0) is 17.7 Å². The van der Waals surface area contributed by atoms with E-state index in [2.05, 4.69) is 15.6 Å². The molecule has 0 aliphatic heterocycles. The van der Waals surface area contributed by atoms with Crippen molar-refractivity contribution in [2.24, 2.45) is 0 Å². The van der Waals surface area contributed by atoms with E-state index in [1.807, 2.05) is 91.0 Å². The van der Waals surface area contributed by atoms with Crippen LogP contribution in [0.4, 0.5) is 0 Å². The van der Waals surface area contributed by atoms with Gasteiger partial charge in [-0.1, -0.05) is 78.9 Å². The van der Waals surface area contributed by atoms with E-state index in [1.165, 1.54) is 0 Å². The zero-order valence-corrected chi connectivity index (χ0v) is 15.0. The molecule has 0 atom stereocenters. The molecule has 6 nitrogen and oxygen atoms in total. The molecule has 0 saturated heterocycles. The van der Waals surface area contributed by atoms with Crippen molar-refractivity contribution >= 4 is 5.91 Å². The Labute approximate surface area is 162 Å². The van der Waals surface area contributed by atoms with Crippen LogP contribution in [0, 0.1) is 0 Å². The van der Waals surface area contributed by atoms with Crippen molar-refractivity contribution in [1.29, 1.82) is 0 Å². The van der Waals surface area contributed by atoms with Gasteiger partial charge in [0, 0.05) is 5.56 Å². The van der Waals surface area contributed by atoms with Crippen LogP contribution < -0.4 is 5.48 Å². The molecule has 0 aliphatic rings. The first-order valence-electron chi connectivity index (χ1n) is 8.85. The van der Waals surface area contributed by atoms with Gasteiger partial charge in [-0.2, -0.15) is 0 Å². The number of carbonyl (C=O) groups is 1. The van der Waals surface area contributed by atoms with Crippen molar-refractivity contribution in [3.8, 4) is 17.1 Å². The topological polar surface area (TPSA) is 69.0 Å². The lowest BCUT2D eigenvalue weighted by Crippen LogP contribution is -2.24. The molecule has 0 spiro atoms. The summed E-state index contributed by atoms with van der Waals surface area (Å²) in [7, 11) is 0. The SMILES string of the molecule is O=C(NOCc1ccccc1)c1nc(-c2ccccc2)n(-c2ccccc2)n1. The summed E-state index contributed by atoms with van der Waals surface area (Å²) >= 11 is 0. The van der Waals surface area contributed by atoms with Crippen molar-refractivity contribution < 1.29 is 9.63 Å². The Morgan fingerprint density at radius 2 is 1.46 bits per heavy atom. The van der Waals surface area contributed by atoms with Crippen molar-refractivity contribution in [1.82, 2.24) is 20.2 Å². The Morgan fingerprint density at radius 1 is 0.857 bits per heavy atom. The Hall–Kier alpha value is -3.77. The lowest BCUT2D eigenvalue weighted by Gasteiger charge is -2.05. The van der Waals surface area contributed by atoms with E-state index in [0.717, 1.165) is 16.8 Å². The van der Waals surface area contributed by atoms with Gasteiger partial charge < -0.3 is 0 Å². The van der Waals surface area contributed by atoms with Crippen LogP contribution in [0.15, 0.2) is 91.0 Å². The van der Waals surface area contributed by atoms with Crippen molar-refractivity contribution in [2.75, 3.05) is 0 Å². The van der Waals surface area contributed by atoms with E-state index in [0.29, 0.717) is 5.82 Å². The standard InChI is InChI=1S/C22H18N4O2/c27-22(25-28-16-17-10-4-1-5-11-17)20-23-21(18-12-6-2-7-13-18)26(24-20)19-14-8-3-9-15-19/h1-15H,16H2,(H,25,27). The minimum absolute atomic E-state index is 0.0377. The number of rotatable bonds is 6. The zero-order valence-electron chi connectivity index (χ0n) is 15.0. The van der Waals surface area contributed by atoms with Gasteiger partial charge in [0.2, 0.25) is 5.82 Å². The number of carbonyl (C=O) groups excluding carboxylic acids is 1. The smallest absolute Gasteiger partial charge is 0.269 e. The summed E-state index contributed by atoms with van der Waals surface area (Å²) < 4.78 is 1.65. The number of nitrogens with one attached hydrogen (secondary N) is 1. The van der Waals surface area contributed by atoms with E-state index >= 15 is 0 Å². The van der Waals surface area contributed by atoms with Gasteiger partial charge in [0.05, 0.1) is 12.3 Å². The third kappa shape index (κ3) is 3.97. The second-order valence-corrected chi connectivity index (χ2v) is 6.08. The van der Waals surface area contributed by atoms with Gasteiger partial charge in [0.1, 0.15) is 0 Å². The minimum atomic E-state index is -0.497. The fourth-order valence-electron chi connectivity index (χ4n) is 2.74. The number of hydroxylamine groups is 1. The zero-order chi connectivity index (χ0) is 19.2. The van der Waals surface area contributed by atoms with Gasteiger partial charge in [-0.25, -0.2) is 15.1 Å². The minimum Gasteiger partial charge on any atom is -0.269 e. The summed E-state index contributed by atoms with van der Waals surface area (Å²) in [6, 6.07) is 28.8. The number of amides is 1. The predicted molar refractivity (Wildman–Crippen MR) is 105 cm³/mol. The molecule has 4 aromatic rings. The molecule has 3 aromatic carbocycles. The quantitative estimate of drug-likeness (QED) is 0.524. The second kappa shape index (κ2) is 8.28. The largest absolute Gasteiger partial charge is 0.314 e. The van der Waals surface area contributed by atoms with E-state index in [4.69, 9.17) is 4.84 Å². The number of nitrogens with zero attached hydrogens (tertiary/aromatic N) is 3. The fourth-order valence-corrected chi connectivity index (χ4v) is 2.74. The average molecular weight is 370 g/mol. The molecule has 1 N–H and O–H groups in total. The summed E-state index contributed by atoms with van der Waals surface area (Å²) in [4.78, 5) is 22.2. The first-order valence-corrected chi connectivity index (χ1v) is 8.85. The highest BCUT2D eigenvalue weighted by Gasteiger charge is 2.18. The summed E-state index contributed by atoms with van der Waals surface area (Å²) in [5.41, 5.74) is 5.05. The predicted octanol–water partition coefficient (Wildman–Crippen LogP) is 3.80. The molecular weight excluding hydrogens is 352 g/mol. The van der Waals surface area contributed by atoms with Crippen LogP contribution in [0.25, 0.3) is 17.1 Å². The molecule has 0 saturated carbocycles. The third-order valence-electron chi connectivity index (χ3n) is 4.09. The highest BCUT2D eigenvalue weighted by molar-refractivity contribution is 5.90. The molecule has 0 bridgehead atoms. The average Bonchev–Trinajstić information content (AvgIpc) is 3.21. The van der Waals surface area contributed by atoms with Gasteiger partial charge in [-0.3, -0.25) is 9.63 Å². The highest BCUT2D eigenvalue weighted by atomic mass is 16.6. The molecule has 138 valence electrons. The number of benzene rings is 3. The van der Waals surface area contributed by atoms with Gasteiger partial charge >= 0.3 is 5.91 Å². The van der Waals surface area contributed by atoms with Crippen LogP contribution in [-0.4, -0.2) is 20.7 Å². The maximum atomic E-state index is 12.5. The van der Waals surface area contributed by atoms with Crippen LogP contribution in [0.5, 0.6) is 0 Å². The molecule has 1 heterocycles. The van der Waals surface area contributed by atoms with Crippen molar-refractivity contribution in [3.05, 3.63) is 102 Å². The Bertz CT molecular complexity index is 991. The first kappa shape index (κ1) is 17.6. The first-order chi connectivity index (χ1) is 13.8. The Morgan fingerprint density at radius 3 is 2.14 bits per heavy atom. The molecule has 4 rings (SSSR count). The molecule has 0 radical (unpaired) electrons. The maximum Gasteiger partial charge on any atom is 0.314 e. The van der Waals surface area contributed by atoms with E-state index in [-0.39, 0.29) is 12.4 Å². The van der Waals surface area contributed by atoms with Crippen LogP contribution >= 0.6 is 0 Å². The van der Waals surface area contributed by atoms with Crippen molar-refractivity contribution in [3.63, 3.8) is 0 Å². The number of para-hydroxylation sites is 1. The molecular formula is C22H18N4O2. The molecule has 6 heteroatoms. The third-order valence-corrected chi connectivity index (χ3v) is 4.09. The molecule has 0 unspecified atom stereocenters. The van der Waals surface area contributed by atoms with Gasteiger partial charge in [-0.15, -0.1) is 5.10 Å². The normalized spacial score (nSPS) is 10.6. The molecule has 28 heavy (non-hydrogen) atoms. The summed E-state index contributed by atoms with van der Waals surface area (Å²) in [6.45, 7) is 0.261. The maximum absolute atomic E-state index is 12.5. The van der Waals surface area contributed by atoms with Crippen LogP contribution in [-0.2, 0) is 11.4 Å². The molecule has 1 aromatic heterocycles. The molecule has 0 aliphatic carbocycles. The van der Waals surface area contributed by atoms with Crippen LogP contribution in [0.2, 0.25) is 0 Å². The summed E-state index contributed by atoms with van der Waals surface area (Å²) in [5.74, 6) is 0.124. The number of aromatic nitrogens is 3. The lowest BCUT2D eigenvalue weighted by molar-refractivity contribution is 0.0225. The van der Waals surface area contributed by atoms with Crippen LogP contribution in [0.3, 0.4) is 0 Å². The van der Waals surface area contributed by atoms with E-state index in [1.54, 1.807) is 4.68 Å². The summed E-state index contributed by atoms with van der Waals surface area (Å²) in [6.07, 6.45) is 0. The van der Waals surface area contributed by atoms with E-state index in [9.17, 15) is 4.79 Å². The van der Waals surface area contributed by atoms with Crippen molar-refractivity contribution in [2.45, 2.75) is 6.61 Å². The fraction of sp³-hybridized carbons (Fsp3) is 0.0455. The second-order valence-electron chi connectivity index (χ2n) is 6.08. The molecule has 1 amide bonds. The number of hydrogen-bond donors (Lipinski definition) is 1. The van der Waals surface area contributed by atoms with Gasteiger partial charge in [0.15, 0.2) is 5.82 Å². The monoisotopic (exact) mass is 370 g/mol. The van der Waals surface area contributed by atoms with Crippen LogP contribution in [0.1, 0.15) is 16.2 Å². The Balaban J connectivity index is 1.57. The van der Waals surface area contributed by atoms with Gasteiger partial charge in [0.25, 0.3) is 0 Å². The highest BCUT2D eigenvalue weighted by Crippen LogP contribution is 2.20. The molecule has 0 fully saturated rings. The summed E-state index contributed by atoms with van der Waals surface area (Å²) in [5, 5.41) is 4.40.